The van der Waals surface area contributed by atoms with Gasteiger partial charge in [-0.15, -0.1) is 0 Å². The second-order valence-electron chi connectivity index (χ2n) is 8.13. The summed E-state index contributed by atoms with van der Waals surface area (Å²) < 4.78 is 11.2. The average molecular weight is 423 g/mol. The first kappa shape index (κ1) is 21.2. The number of carbonyl (C=O) groups excluding carboxylic acids is 2. The molecule has 2 aromatic rings. The maximum Gasteiger partial charge on any atom is 0.253 e. The molecule has 6 nitrogen and oxygen atoms in total. The van der Waals surface area contributed by atoms with Crippen LogP contribution >= 0.6 is 0 Å². The van der Waals surface area contributed by atoms with E-state index in [-0.39, 0.29) is 17.9 Å². The number of amides is 2. The molecular weight excluding hydrogens is 392 g/mol. The minimum Gasteiger partial charge on any atom is -0.486 e. The van der Waals surface area contributed by atoms with Crippen molar-refractivity contribution < 1.29 is 19.1 Å². The number of carbonyl (C=O) groups is 2. The molecule has 2 aromatic carbocycles. The van der Waals surface area contributed by atoms with Crippen molar-refractivity contribution in [3.8, 4) is 11.5 Å². The van der Waals surface area contributed by atoms with Gasteiger partial charge in [-0.05, 0) is 49.1 Å². The molecule has 0 radical (unpaired) electrons. The predicted octanol–water partition coefficient (Wildman–Crippen LogP) is 3.54. The lowest BCUT2D eigenvalue weighted by Gasteiger charge is -2.38. The van der Waals surface area contributed by atoms with E-state index in [0.29, 0.717) is 38.5 Å². The molecule has 2 aliphatic rings. The lowest BCUT2D eigenvalue weighted by Crippen LogP contribution is -2.49. The number of hydrogen-bond donors (Lipinski definition) is 0. The zero-order chi connectivity index (χ0) is 21.6. The number of ether oxygens (including phenoxy) is 2. The minimum absolute atomic E-state index is 0.0729. The quantitative estimate of drug-likeness (QED) is 0.715. The third kappa shape index (κ3) is 5.01. The maximum atomic E-state index is 13.2. The van der Waals surface area contributed by atoms with Crippen LogP contribution in [0.1, 0.15) is 42.1 Å². The first-order valence-corrected chi connectivity index (χ1v) is 11.2. The first-order valence-electron chi connectivity index (χ1n) is 11.2. The van der Waals surface area contributed by atoms with Gasteiger partial charge in [-0.2, -0.15) is 0 Å². The summed E-state index contributed by atoms with van der Waals surface area (Å²) in [5.74, 6) is 1.66. The van der Waals surface area contributed by atoms with Gasteiger partial charge in [0.05, 0.1) is 6.42 Å². The SMILES string of the molecule is CCCN(C(=O)Cc1ccc2c(c1)OCCO2)C1CCN(C(=O)c2ccccc2)CC1. The number of rotatable bonds is 6. The minimum atomic E-state index is 0.0729. The van der Waals surface area contributed by atoms with Gasteiger partial charge in [0.25, 0.3) is 5.91 Å². The highest BCUT2D eigenvalue weighted by Gasteiger charge is 2.29. The Kier molecular flexibility index (Phi) is 6.75. The predicted molar refractivity (Wildman–Crippen MR) is 119 cm³/mol. The van der Waals surface area contributed by atoms with Gasteiger partial charge in [-0.25, -0.2) is 0 Å². The molecular formula is C25H30N2O4. The lowest BCUT2D eigenvalue weighted by molar-refractivity contribution is -0.133. The van der Waals surface area contributed by atoms with Gasteiger partial charge >= 0.3 is 0 Å². The third-order valence-electron chi connectivity index (χ3n) is 5.96. The molecule has 6 heteroatoms. The van der Waals surface area contributed by atoms with E-state index in [1.807, 2.05) is 58.3 Å². The lowest BCUT2D eigenvalue weighted by atomic mass is 10.0. The summed E-state index contributed by atoms with van der Waals surface area (Å²) in [5.41, 5.74) is 1.66. The standard InChI is InChI=1S/C25H30N2O4/c1-2-12-27(24(28)18-19-8-9-22-23(17-19)31-16-15-30-22)21-10-13-26(14-11-21)25(29)20-6-4-3-5-7-20/h3-9,17,21H,2,10-16,18H2,1H3. The van der Waals surface area contributed by atoms with Crippen LogP contribution in [0.4, 0.5) is 0 Å². The largest absolute Gasteiger partial charge is 0.486 e. The van der Waals surface area contributed by atoms with E-state index in [1.165, 1.54) is 0 Å². The van der Waals surface area contributed by atoms with Crippen molar-refractivity contribution in [3.05, 3.63) is 59.7 Å². The van der Waals surface area contributed by atoms with Crippen LogP contribution in [0.15, 0.2) is 48.5 Å². The number of hydrogen-bond acceptors (Lipinski definition) is 4. The van der Waals surface area contributed by atoms with Gasteiger partial charge < -0.3 is 19.3 Å². The van der Waals surface area contributed by atoms with Crippen LogP contribution in [0.2, 0.25) is 0 Å². The molecule has 0 spiro atoms. The van der Waals surface area contributed by atoms with Crippen LogP contribution in [0, 0.1) is 0 Å². The van der Waals surface area contributed by atoms with Crippen LogP contribution < -0.4 is 9.47 Å². The summed E-state index contributed by atoms with van der Waals surface area (Å²) in [5, 5.41) is 0. The third-order valence-corrected chi connectivity index (χ3v) is 5.96. The Labute approximate surface area is 183 Å². The summed E-state index contributed by atoms with van der Waals surface area (Å²) in [4.78, 5) is 29.8. The molecule has 2 aliphatic heterocycles. The molecule has 164 valence electrons. The van der Waals surface area contributed by atoms with Crippen LogP contribution in [-0.4, -0.2) is 60.5 Å². The Bertz CT molecular complexity index is 907. The van der Waals surface area contributed by atoms with Crippen molar-refractivity contribution in [1.82, 2.24) is 9.80 Å². The number of nitrogens with zero attached hydrogens (tertiary/aromatic N) is 2. The van der Waals surface area contributed by atoms with E-state index in [0.717, 1.165) is 42.7 Å². The Morgan fingerprint density at radius 3 is 2.42 bits per heavy atom. The highest BCUT2D eigenvalue weighted by Crippen LogP contribution is 2.31. The van der Waals surface area contributed by atoms with E-state index < -0.39 is 0 Å². The zero-order valence-electron chi connectivity index (χ0n) is 18.1. The fourth-order valence-electron chi connectivity index (χ4n) is 4.37. The van der Waals surface area contributed by atoms with Crippen molar-refractivity contribution in [3.63, 3.8) is 0 Å². The topological polar surface area (TPSA) is 59.1 Å². The highest BCUT2D eigenvalue weighted by molar-refractivity contribution is 5.94. The fourth-order valence-corrected chi connectivity index (χ4v) is 4.37. The number of piperidine rings is 1. The Morgan fingerprint density at radius 1 is 1.00 bits per heavy atom. The van der Waals surface area contributed by atoms with Crippen molar-refractivity contribution in [2.24, 2.45) is 0 Å². The number of likely N-dealkylation sites (tertiary alicyclic amines) is 1. The molecule has 0 unspecified atom stereocenters. The molecule has 0 aromatic heterocycles. The average Bonchev–Trinajstić information content (AvgIpc) is 2.82. The summed E-state index contributed by atoms with van der Waals surface area (Å²) >= 11 is 0. The molecule has 0 atom stereocenters. The van der Waals surface area contributed by atoms with E-state index in [1.54, 1.807) is 0 Å². The highest BCUT2D eigenvalue weighted by atomic mass is 16.6. The van der Waals surface area contributed by atoms with Crippen molar-refractivity contribution in [1.29, 1.82) is 0 Å². The van der Waals surface area contributed by atoms with Crippen LogP contribution in [0.3, 0.4) is 0 Å². The molecule has 1 saturated heterocycles. The molecule has 1 fully saturated rings. The summed E-state index contributed by atoms with van der Waals surface area (Å²) in [6.45, 7) is 5.28. The summed E-state index contributed by atoms with van der Waals surface area (Å²) in [6, 6.07) is 15.3. The first-order chi connectivity index (χ1) is 15.2. The van der Waals surface area contributed by atoms with Crippen LogP contribution in [0.5, 0.6) is 11.5 Å². The monoisotopic (exact) mass is 422 g/mol. The van der Waals surface area contributed by atoms with Crippen molar-refractivity contribution in [2.45, 2.75) is 38.6 Å². The maximum absolute atomic E-state index is 13.2. The van der Waals surface area contributed by atoms with Gasteiger partial charge in [-0.3, -0.25) is 9.59 Å². The molecule has 0 N–H and O–H groups in total. The van der Waals surface area contributed by atoms with E-state index in [2.05, 4.69) is 6.92 Å². The molecule has 2 heterocycles. The Morgan fingerprint density at radius 2 is 1.71 bits per heavy atom. The second kappa shape index (κ2) is 9.86. The van der Waals surface area contributed by atoms with E-state index in [9.17, 15) is 9.59 Å². The van der Waals surface area contributed by atoms with Crippen LogP contribution in [-0.2, 0) is 11.2 Å². The van der Waals surface area contributed by atoms with Gasteiger partial charge in [-0.1, -0.05) is 31.2 Å². The smallest absolute Gasteiger partial charge is 0.253 e. The molecule has 0 aliphatic carbocycles. The second-order valence-corrected chi connectivity index (χ2v) is 8.13. The summed E-state index contributed by atoms with van der Waals surface area (Å²) in [7, 11) is 0. The van der Waals surface area contributed by atoms with Gasteiger partial charge in [0.2, 0.25) is 5.91 Å². The van der Waals surface area contributed by atoms with Crippen LogP contribution in [0.25, 0.3) is 0 Å². The molecule has 4 rings (SSSR count). The molecule has 0 saturated carbocycles. The van der Waals surface area contributed by atoms with E-state index in [4.69, 9.17) is 9.47 Å². The van der Waals surface area contributed by atoms with E-state index >= 15 is 0 Å². The van der Waals surface area contributed by atoms with Crippen molar-refractivity contribution >= 4 is 11.8 Å². The van der Waals surface area contributed by atoms with Gasteiger partial charge in [0, 0.05) is 31.2 Å². The van der Waals surface area contributed by atoms with Gasteiger partial charge in [0.1, 0.15) is 13.2 Å². The Balaban J connectivity index is 1.37. The molecule has 0 bridgehead atoms. The zero-order valence-corrected chi connectivity index (χ0v) is 18.1. The number of benzene rings is 2. The summed E-state index contributed by atoms with van der Waals surface area (Å²) in [6.07, 6.45) is 2.88. The van der Waals surface area contributed by atoms with Crippen molar-refractivity contribution in [2.75, 3.05) is 32.8 Å². The normalized spacial score (nSPS) is 16.1. The Hall–Kier alpha value is -3.02. The fraction of sp³-hybridized carbons (Fsp3) is 0.440. The molecule has 31 heavy (non-hydrogen) atoms. The number of fused-ring (bicyclic) bond motifs is 1. The van der Waals surface area contributed by atoms with Gasteiger partial charge in [0.15, 0.2) is 11.5 Å². The molecule has 2 amide bonds.